The van der Waals surface area contributed by atoms with Crippen LogP contribution in [0.5, 0.6) is 0 Å². The molecule has 1 amide bonds. The molecule has 1 atom stereocenters. The summed E-state index contributed by atoms with van der Waals surface area (Å²) in [6, 6.07) is 3.82. The molecular weight excluding hydrogens is 306 g/mol. The van der Waals surface area contributed by atoms with E-state index in [1.54, 1.807) is 24.9 Å². The fourth-order valence-electron chi connectivity index (χ4n) is 2.84. The molecule has 7 heteroatoms. The quantitative estimate of drug-likeness (QED) is 0.798. The maximum absolute atomic E-state index is 12.1. The number of hydrogen-bond acceptors (Lipinski definition) is 5. The van der Waals surface area contributed by atoms with E-state index in [4.69, 9.17) is 4.74 Å². The number of pyridine rings is 2. The van der Waals surface area contributed by atoms with Crippen molar-refractivity contribution in [1.82, 2.24) is 19.5 Å². The Kier molecular flexibility index (Phi) is 3.70. The number of rotatable bonds is 3. The Hall–Kier alpha value is -2.80. The zero-order chi connectivity index (χ0) is 16.5. The predicted molar refractivity (Wildman–Crippen MR) is 89.3 cm³/mol. The number of imidazole rings is 1. The minimum absolute atomic E-state index is 0.139. The molecule has 1 N–H and O–H groups in total. The molecule has 0 saturated carbocycles. The van der Waals surface area contributed by atoms with Crippen molar-refractivity contribution >= 4 is 22.5 Å². The maximum Gasteiger partial charge on any atom is 0.254 e. The SMILES string of the molecule is Cn1cncc1-c1cc2cc(NC(=O)C3CCCO3)ncc2cn1. The molecule has 7 nitrogen and oxygen atoms in total. The van der Waals surface area contributed by atoms with Gasteiger partial charge in [-0.15, -0.1) is 0 Å². The largest absolute Gasteiger partial charge is 0.368 e. The number of ether oxygens (including phenoxy) is 1. The Balaban J connectivity index is 1.64. The monoisotopic (exact) mass is 323 g/mol. The standard InChI is InChI=1S/C17H17N5O2/c1-22-10-18-9-14(22)13-5-11-6-16(20-8-12(11)7-19-13)21-17(23)15-3-2-4-24-15/h5-10,15H,2-4H2,1H3,(H,20,21,23). The molecule has 4 heterocycles. The highest BCUT2D eigenvalue weighted by molar-refractivity contribution is 5.95. The lowest BCUT2D eigenvalue weighted by atomic mass is 10.1. The van der Waals surface area contributed by atoms with E-state index < -0.39 is 0 Å². The van der Waals surface area contributed by atoms with Crippen LogP contribution in [0, 0.1) is 0 Å². The first kappa shape index (κ1) is 14.8. The second kappa shape index (κ2) is 6.01. The predicted octanol–water partition coefficient (Wildman–Crippen LogP) is 2.15. The molecule has 0 bridgehead atoms. The fraction of sp³-hybridized carbons (Fsp3) is 0.294. The van der Waals surface area contributed by atoms with Crippen molar-refractivity contribution in [3.05, 3.63) is 37.1 Å². The van der Waals surface area contributed by atoms with Gasteiger partial charge in [0.25, 0.3) is 5.91 Å². The number of nitrogens with zero attached hydrogens (tertiary/aromatic N) is 4. The summed E-state index contributed by atoms with van der Waals surface area (Å²) in [6.45, 7) is 0.642. The molecule has 1 fully saturated rings. The van der Waals surface area contributed by atoms with E-state index in [0.29, 0.717) is 12.4 Å². The first-order valence-electron chi connectivity index (χ1n) is 7.86. The van der Waals surface area contributed by atoms with Crippen LogP contribution in [0.3, 0.4) is 0 Å². The summed E-state index contributed by atoms with van der Waals surface area (Å²) in [6.07, 6.45) is 8.30. The molecule has 0 aliphatic carbocycles. The van der Waals surface area contributed by atoms with Crippen molar-refractivity contribution in [2.24, 2.45) is 7.05 Å². The van der Waals surface area contributed by atoms with E-state index in [1.165, 1.54) is 0 Å². The minimum Gasteiger partial charge on any atom is -0.368 e. The van der Waals surface area contributed by atoms with E-state index in [1.807, 2.05) is 23.7 Å². The molecule has 0 aromatic carbocycles. The van der Waals surface area contributed by atoms with Gasteiger partial charge in [0.05, 0.1) is 23.9 Å². The van der Waals surface area contributed by atoms with Crippen molar-refractivity contribution in [2.45, 2.75) is 18.9 Å². The van der Waals surface area contributed by atoms with E-state index >= 15 is 0 Å². The number of carbonyl (C=O) groups is 1. The Morgan fingerprint density at radius 3 is 2.88 bits per heavy atom. The zero-order valence-corrected chi connectivity index (χ0v) is 13.3. The van der Waals surface area contributed by atoms with Crippen molar-refractivity contribution < 1.29 is 9.53 Å². The molecule has 0 radical (unpaired) electrons. The number of carbonyl (C=O) groups excluding carboxylic acids is 1. The number of aryl methyl sites for hydroxylation is 1. The molecule has 1 saturated heterocycles. The van der Waals surface area contributed by atoms with Crippen LogP contribution in [0.25, 0.3) is 22.2 Å². The lowest BCUT2D eigenvalue weighted by molar-refractivity contribution is -0.124. The normalized spacial score (nSPS) is 17.3. The summed E-state index contributed by atoms with van der Waals surface area (Å²) in [5.74, 6) is 0.380. The summed E-state index contributed by atoms with van der Waals surface area (Å²) in [4.78, 5) is 25.0. The highest BCUT2D eigenvalue weighted by atomic mass is 16.5. The average molecular weight is 323 g/mol. The van der Waals surface area contributed by atoms with E-state index in [9.17, 15) is 4.79 Å². The van der Waals surface area contributed by atoms with Crippen LogP contribution >= 0.6 is 0 Å². The van der Waals surface area contributed by atoms with Gasteiger partial charge in [0.1, 0.15) is 11.9 Å². The zero-order valence-electron chi connectivity index (χ0n) is 13.3. The van der Waals surface area contributed by atoms with Gasteiger partial charge in [-0.3, -0.25) is 9.78 Å². The summed E-state index contributed by atoms with van der Waals surface area (Å²) in [5, 5.41) is 4.70. The molecular formula is C17H17N5O2. The van der Waals surface area contributed by atoms with Crippen molar-refractivity contribution in [3.63, 3.8) is 0 Å². The molecule has 1 aliphatic rings. The van der Waals surface area contributed by atoms with Gasteiger partial charge in [-0.2, -0.15) is 0 Å². The van der Waals surface area contributed by atoms with Crippen molar-refractivity contribution in [1.29, 1.82) is 0 Å². The third-order valence-electron chi connectivity index (χ3n) is 4.16. The lowest BCUT2D eigenvalue weighted by Gasteiger charge is -2.10. The van der Waals surface area contributed by atoms with Gasteiger partial charge in [0.2, 0.25) is 0 Å². The highest BCUT2D eigenvalue weighted by Gasteiger charge is 2.23. The first-order chi connectivity index (χ1) is 11.7. The first-order valence-corrected chi connectivity index (χ1v) is 7.86. The van der Waals surface area contributed by atoms with Gasteiger partial charge < -0.3 is 14.6 Å². The van der Waals surface area contributed by atoms with Gasteiger partial charge in [-0.05, 0) is 30.4 Å². The van der Waals surface area contributed by atoms with Gasteiger partial charge >= 0.3 is 0 Å². The Labute approximate surface area is 138 Å². The van der Waals surface area contributed by atoms with Crippen LogP contribution in [-0.2, 0) is 16.6 Å². The number of hydrogen-bond donors (Lipinski definition) is 1. The van der Waals surface area contributed by atoms with Gasteiger partial charge in [0, 0.05) is 31.4 Å². The van der Waals surface area contributed by atoms with Crippen LogP contribution in [0.2, 0.25) is 0 Å². The molecule has 1 aliphatic heterocycles. The lowest BCUT2D eigenvalue weighted by Crippen LogP contribution is -2.27. The molecule has 4 rings (SSSR count). The Morgan fingerprint density at radius 1 is 1.25 bits per heavy atom. The topological polar surface area (TPSA) is 81.9 Å². The summed E-state index contributed by atoms with van der Waals surface area (Å²) >= 11 is 0. The molecule has 3 aromatic rings. The fourth-order valence-corrected chi connectivity index (χ4v) is 2.84. The summed E-state index contributed by atoms with van der Waals surface area (Å²) < 4.78 is 7.31. The number of aromatic nitrogens is 4. The van der Waals surface area contributed by atoms with Gasteiger partial charge in [0.15, 0.2) is 0 Å². The van der Waals surface area contributed by atoms with Crippen LogP contribution < -0.4 is 5.32 Å². The van der Waals surface area contributed by atoms with Crippen LogP contribution in [0.4, 0.5) is 5.82 Å². The molecule has 1 unspecified atom stereocenters. The second-order valence-corrected chi connectivity index (χ2v) is 5.87. The summed E-state index contributed by atoms with van der Waals surface area (Å²) in [7, 11) is 1.92. The molecule has 122 valence electrons. The molecule has 0 spiro atoms. The van der Waals surface area contributed by atoms with Crippen LogP contribution in [-0.4, -0.2) is 38.1 Å². The Morgan fingerprint density at radius 2 is 2.12 bits per heavy atom. The Bertz CT molecular complexity index is 899. The smallest absolute Gasteiger partial charge is 0.254 e. The number of fused-ring (bicyclic) bond motifs is 1. The number of nitrogens with one attached hydrogen (secondary N) is 1. The maximum atomic E-state index is 12.1. The second-order valence-electron chi connectivity index (χ2n) is 5.87. The van der Waals surface area contributed by atoms with E-state index in [2.05, 4.69) is 20.3 Å². The van der Waals surface area contributed by atoms with Gasteiger partial charge in [-0.1, -0.05) is 0 Å². The number of amides is 1. The van der Waals surface area contributed by atoms with Crippen molar-refractivity contribution in [3.8, 4) is 11.4 Å². The minimum atomic E-state index is -0.370. The van der Waals surface area contributed by atoms with Crippen molar-refractivity contribution in [2.75, 3.05) is 11.9 Å². The van der Waals surface area contributed by atoms with Gasteiger partial charge in [-0.25, -0.2) is 9.97 Å². The third kappa shape index (κ3) is 2.74. The third-order valence-corrected chi connectivity index (χ3v) is 4.16. The summed E-state index contributed by atoms with van der Waals surface area (Å²) in [5.41, 5.74) is 1.75. The van der Waals surface area contributed by atoms with Crippen LogP contribution in [0.1, 0.15) is 12.8 Å². The van der Waals surface area contributed by atoms with Crippen LogP contribution in [0.15, 0.2) is 37.1 Å². The average Bonchev–Trinajstić information content (AvgIpc) is 3.25. The highest BCUT2D eigenvalue weighted by Crippen LogP contribution is 2.23. The number of anilines is 1. The van der Waals surface area contributed by atoms with E-state index in [-0.39, 0.29) is 12.0 Å². The van der Waals surface area contributed by atoms with E-state index in [0.717, 1.165) is 35.0 Å². The molecule has 3 aromatic heterocycles. The molecule has 24 heavy (non-hydrogen) atoms.